The number of alkyl halides is 2. The van der Waals surface area contributed by atoms with Crippen LogP contribution in [0, 0.1) is 5.92 Å². The molecule has 0 aromatic heterocycles. The van der Waals surface area contributed by atoms with Gasteiger partial charge in [0.2, 0.25) is 0 Å². The number of para-hydroxylation sites is 1. The van der Waals surface area contributed by atoms with Gasteiger partial charge in [0.05, 0.1) is 11.8 Å². The largest absolute Gasteiger partial charge is 0.481 e. The molecule has 3 aromatic rings. The number of carbonyl (C=O) groups is 1. The van der Waals surface area contributed by atoms with E-state index in [0.717, 1.165) is 5.56 Å². The van der Waals surface area contributed by atoms with Gasteiger partial charge in [0, 0.05) is 0 Å². The molecule has 0 aliphatic rings. The zero-order chi connectivity index (χ0) is 22.4. The zero-order valence-electron chi connectivity index (χ0n) is 17.3. The van der Waals surface area contributed by atoms with Crippen molar-refractivity contribution in [2.75, 3.05) is 0 Å². The second-order valence-electron chi connectivity index (χ2n) is 7.55. The Labute approximate surface area is 180 Å². The van der Waals surface area contributed by atoms with E-state index in [4.69, 9.17) is 9.47 Å². The monoisotopic (exact) mass is 426 g/mol. The highest BCUT2D eigenvalue weighted by molar-refractivity contribution is 5.76. The number of rotatable bonds is 9. The summed E-state index contributed by atoms with van der Waals surface area (Å²) in [5.41, 5.74) is 1.14. The minimum absolute atomic E-state index is 0.0661. The van der Waals surface area contributed by atoms with E-state index in [9.17, 15) is 18.7 Å². The lowest BCUT2D eigenvalue weighted by atomic mass is 9.92. The molecule has 0 saturated heterocycles. The minimum atomic E-state index is -3.35. The van der Waals surface area contributed by atoms with Crippen LogP contribution in [0.5, 0.6) is 17.2 Å². The molecular formula is C25H24F2O4. The van der Waals surface area contributed by atoms with Crippen LogP contribution in [0.2, 0.25) is 0 Å². The van der Waals surface area contributed by atoms with Crippen LogP contribution < -0.4 is 9.47 Å². The van der Waals surface area contributed by atoms with Crippen molar-refractivity contribution in [3.63, 3.8) is 0 Å². The van der Waals surface area contributed by atoms with E-state index in [2.05, 4.69) is 0 Å². The summed E-state index contributed by atoms with van der Waals surface area (Å²) in [6.07, 6.45) is -3.17. The van der Waals surface area contributed by atoms with Gasteiger partial charge in [-0.05, 0) is 53.9 Å². The van der Waals surface area contributed by atoms with Gasteiger partial charge in [-0.1, -0.05) is 56.3 Å². The van der Waals surface area contributed by atoms with Crippen molar-refractivity contribution in [3.8, 4) is 17.2 Å². The molecule has 0 bridgehead atoms. The third kappa shape index (κ3) is 6.04. The summed E-state index contributed by atoms with van der Waals surface area (Å²) in [6, 6.07) is 22.3. The van der Waals surface area contributed by atoms with Crippen molar-refractivity contribution >= 4 is 5.97 Å². The number of hydrogen-bond donors (Lipinski definition) is 1. The van der Waals surface area contributed by atoms with Crippen molar-refractivity contribution < 1.29 is 28.2 Å². The molecule has 6 heteroatoms. The average molecular weight is 426 g/mol. The summed E-state index contributed by atoms with van der Waals surface area (Å²) >= 11 is 0. The van der Waals surface area contributed by atoms with Gasteiger partial charge in [0.15, 0.2) is 0 Å². The van der Waals surface area contributed by atoms with Crippen molar-refractivity contribution in [2.45, 2.75) is 32.3 Å². The van der Waals surface area contributed by atoms with Gasteiger partial charge in [0.1, 0.15) is 17.2 Å². The Hall–Kier alpha value is -3.41. The lowest BCUT2D eigenvalue weighted by molar-refractivity contribution is -0.207. The highest BCUT2D eigenvalue weighted by Gasteiger charge is 2.36. The minimum Gasteiger partial charge on any atom is -0.481 e. The van der Waals surface area contributed by atoms with Crippen molar-refractivity contribution in [1.29, 1.82) is 0 Å². The normalized spacial score (nSPS) is 12.4. The SMILES string of the molecule is CC(C)C(F)(F)Oc1cccc(C(Cc2cccc(Oc3ccccc3)c2)C(=O)O)c1. The van der Waals surface area contributed by atoms with Gasteiger partial charge >= 0.3 is 12.1 Å². The van der Waals surface area contributed by atoms with Gasteiger partial charge in [0.25, 0.3) is 0 Å². The topological polar surface area (TPSA) is 55.8 Å². The molecule has 1 atom stereocenters. The number of hydrogen-bond acceptors (Lipinski definition) is 3. The lowest BCUT2D eigenvalue weighted by Gasteiger charge is -2.22. The molecule has 4 nitrogen and oxygen atoms in total. The standard InChI is InChI=1S/C25H24F2O4/c1-17(2)25(26,27)31-22-13-7-9-19(16-22)23(24(28)29)15-18-8-6-12-21(14-18)30-20-10-4-3-5-11-20/h3-14,16-17,23H,15H2,1-2H3,(H,28,29). The van der Waals surface area contributed by atoms with Crippen molar-refractivity contribution in [2.24, 2.45) is 5.92 Å². The Kier molecular flexibility index (Phi) is 6.90. The number of halogens is 2. The third-order valence-electron chi connectivity index (χ3n) is 4.80. The Morgan fingerprint density at radius 1 is 0.903 bits per heavy atom. The molecule has 0 aliphatic heterocycles. The number of carboxylic acid groups (broad SMARTS) is 1. The van der Waals surface area contributed by atoms with E-state index in [0.29, 0.717) is 17.1 Å². The maximum atomic E-state index is 13.9. The molecular weight excluding hydrogens is 402 g/mol. The predicted molar refractivity (Wildman–Crippen MR) is 114 cm³/mol. The molecule has 162 valence electrons. The van der Waals surface area contributed by atoms with Gasteiger partial charge in [-0.15, -0.1) is 0 Å². The predicted octanol–water partition coefficient (Wildman–Crippen LogP) is 6.52. The molecule has 0 saturated carbocycles. The summed E-state index contributed by atoms with van der Waals surface area (Å²) in [5, 5.41) is 9.78. The van der Waals surface area contributed by atoms with Gasteiger partial charge in [-0.3, -0.25) is 4.79 Å². The maximum absolute atomic E-state index is 13.9. The number of benzene rings is 3. The Morgan fingerprint density at radius 3 is 2.23 bits per heavy atom. The van der Waals surface area contributed by atoms with Crippen LogP contribution in [-0.4, -0.2) is 17.2 Å². The molecule has 0 aliphatic carbocycles. The molecule has 31 heavy (non-hydrogen) atoms. The Balaban J connectivity index is 1.80. The van der Waals surface area contributed by atoms with Crippen LogP contribution in [0.4, 0.5) is 8.78 Å². The van der Waals surface area contributed by atoms with Crippen molar-refractivity contribution in [1.82, 2.24) is 0 Å². The first-order chi connectivity index (χ1) is 14.7. The summed E-state index contributed by atoms with van der Waals surface area (Å²) in [4.78, 5) is 12.0. The molecule has 3 aromatic carbocycles. The fourth-order valence-corrected chi connectivity index (χ4v) is 3.01. The maximum Gasteiger partial charge on any atom is 0.400 e. The van der Waals surface area contributed by atoms with Crippen LogP contribution in [0.3, 0.4) is 0 Å². The highest BCUT2D eigenvalue weighted by atomic mass is 19.3. The van der Waals surface area contributed by atoms with Crippen LogP contribution >= 0.6 is 0 Å². The fraction of sp³-hybridized carbons (Fsp3) is 0.240. The summed E-state index contributed by atoms with van der Waals surface area (Å²) in [7, 11) is 0. The van der Waals surface area contributed by atoms with E-state index in [1.54, 1.807) is 30.3 Å². The number of aliphatic carboxylic acids is 1. The van der Waals surface area contributed by atoms with Crippen LogP contribution in [0.1, 0.15) is 30.9 Å². The molecule has 3 rings (SSSR count). The molecule has 0 radical (unpaired) electrons. The number of ether oxygens (including phenoxy) is 2. The van der Waals surface area contributed by atoms with E-state index in [1.807, 2.05) is 30.3 Å². The van der Waals surface area contributed by atoms with Gasteiger partial charge in [-0.25, -0.2) is 0 Å². The lowest BCUT2D eigenvalue weighted by Crippen LogP contribution is -2.31. The zero-order valence-corrected chi connectivity index (χ0v) is 17.3. The van der Waals surface area contributed by atoms with Crippen LogP contribution in [0.15, 0.2) is 78.9 Å². The van der Waals surface area contributed by atoms with Crippen LogP contribution in [0.25, 0.3) is 0 Å². The number of carboxylic acids is 1. The van der Waals surface area contributed by atoms with Crippen LogP contribution in [-0.2, 0) is 11.2 Å². The highest BCUT2D eigenvalue weighted by Crippen LogP contribution is 2.32. The molecule has 0 heterocycles. The van der Waals surface area contributed by atoms with Gasteiger partial charge in [-0.2, -0.15) is 8.78 Å². The first-order valence-electron chi connectivity index (χ1n) is 9.96. The molecule has 0 amide bonds. The summed E-state index contributed by atoms with van der Waals surface area (Å²) in [5.74, 6) is -1.81. The van der Waals surface area contributed by atoms with E-state index < -0.39 is 23.9 Å². The van der Waals surface area contributed by atoms with E-state index in [-0.39, 0.29) is 12.2 Å². The molecule has 1 N–H and O–H groups in total. The second-order valence-corrected chi connectivity index (χ2v) is 7.55. The summed E-state index contributed by atoms with van der Waals surface area (Å²) in [6.45, 7) is 2.71. The third-order valence-corrected chi connectivity index (χ3v) is 4.80. The smallest absolute Gasteiger partial charge is 0.400 e. The molecule has 1 unspecified atom stereocenters. The first-order valence-corrected chi connectivity index (χ1v) is 9.96. The molecule has 0 fully saturated rings. The summed E-state index contributed by atoms with van der Waals surface area (Å²) < 4.78 is 38.5. The van der Waals surface area contributed by atoms with Gasteiger partial charge < -0.3 is 14.6 Å². The molecule has 0 spiro atoms. The van der Waals surface area contributed by atoms with E-state index >= 15 is 0 Å². The quantitative estimate of drug-likeness (QED) is 0.423. The Bertz CT molecular complexity index is 1020. The fourth-order valence-electron chi connectivity index (χ4n) is 3.01. The Morgan fingerprint density at radius 2 is 1.55 bits per heavy atom. The van der Waals surface area contributed by atoms with E-state index in [1.165, 1.54) is 32.0 Å². The first kappa shape index (κ1) is 22.3. The second kappa shape index (κ2) is 9.60. The average Bonchev–Trinajstić information content (AvgIpc) is 2.72. The van der Waals surface area contributed by atoms with Crippen molar-refractivity contribution in [3.05, 3.63) is 90.0 Å².